The van der Waals surface area contributed by atoms with Crippen molar-refractivity contribution in [2.45, 2.75) is 100 Å². The minimum Gasteiger partial charge on any atom is -0.170 e. The topological polar surface area (TPSA) is 0 Å². The maximum atomic E-state index is 13.3. The molecular weight excluding hydrogens is 414 g/mol. The van der Waals surface area contributed by atoms with Crippen molar-refractivity contribution >= 4 is 0 Å². The molecule has 0 N–H and O–H groups in total. The van der Waals surface area contributed by atoms with Crippen LogP contribution in [0.25, 0.3) is 0 Å². The third-order valence-corrected chi connectivity index (χ3v) is 8.90. The first-order valence-electron chi connectivity index (χ1n) is 12.5. The molecule has 0 saturated heterocycles. The maximum Gasteiger partial charge on any atom is 0.402 e. The SMILES string of the molecule is CC.CC.CC.CC1C(C)C2CC1C1C3CC(CC(C)(C(F)(F)F)C(F)(F)F)C(C3)C21. The summed E-state index contributed by atoms with van der Waals surface area (Å²) < 4.78 is 79.8. The highest BCUT2D eigenvalue weighted by Gasteiger charge is 2.71. The first-order valence-corrected chi connectivity index (χ1v) is 12.5. The van der Waals surface area contributed by atoms with E-state index in [2.05, 4.69) is 13.8 Å². The van der Waals surface area contributed by atoms with Gasteiger partial charge < -0.3 is 0 Å². The largest absolute Gasteiger partial charge is 0.402 e. The van der Waals surface area contributed by atoms with E-state index in [1.54, 1.807) is 0 Å². The van der Waals surface area contributed by atoms with Crippen molar-refractivity contribution in [1.82, 2.24) is 0 Å². The van der Waals surface area contributed by atoms with Crippen LogP contribution in [0.1, 0.15) is 88.0 Å². The van der Waals surface area contributed by atoms with Crippen LogP contribution >= 0.6 is 0 Å². The smallest absolute Gasteiger partial charge is 0.170 e. The number of fused-ring (bicyclic) bond motifs is 9. The van der Waals surface area contributed by atoms with E-state index in [1.165, 1.54) is 0 Å². The molecule has 0 nitrogen and oxygen atoms in total. The van der Waals surface area contributed by atoms with Crippen LogP contribution in [0.2, 0.25) is 0 Å². The molecule has 9 unspecified atom stereocenters. The quantitative estimate of drug-likeness (QED) is 0.285. The van der Waals surface area contributed by atoms with Crippen LogP contribution in [0.3, 0.4) is 0 Å². The molecule has 4 saturated carbocycles. The van der Waals surface area contributed by atoms with E-state index in [9.17, 15) is 26.3 Å². The number of hydrogen-bond acceptors (Lipinski definition) is 0. The highest BCUT2D eigenvalue weighted by molar-refractivity contribution is 5.14. The van der Waals surface area contributed by atoms with Gasteiger partial charge in [0.1, 0.15) is 0 Å². The van der Waals surface area contributed by atoms with Crippen LogP contribution in [0.15, 0.2) is 0 Å². The summed E-state index contributed by atoms with van der Waals surface area (Å²) in [5.74, 6) is 3.33. The van der Waals surface area contributed by atoms with Crippen LogP contribution in [-0.2, 0) is 0 Å². The molecule has 0 aromatic carbocycles. The lowest BCUT2D eigenvalue weighted by molar-refractivity contribution is -0.340. The van der Waals surface area contributed by atoms with Gasteiger partial charge in [0.05, 0.1) is 0 Å². The Balaban J connectivity index is 0.000000739. The van der Waals surface area contributed by atoms with Crippen molar-refractivity contribution in [2.24, 2.45) is 58.7 Å². The average Bonchev–Trinajstić information content (AvgIpc) is 3.45. The van der Waals surface area contributed by atoms with Crippen molar-refractivity contribution in [1.29, 1.82) is 0 Å². The molecule has 0 spiro atoms. The van der Waals surface area contributed by atoms with Crippen LogP contribution in [-0.4, -0.2) is 12.4 Å². The normalized spacial score (nSPS) is 40.2. The van der Waals surface area contributed by atoms with E-state index < -0.39 is 30.1 Å². The van der Waals surface area contributed by atoms with Gasteiger partial charge in [0.25, 0.3) is 0 Å². The van der Waals surface area contributed by atoms with Crippen molar-refractivity contribution in [3.63, 3.8) is 0 Å². The van der Waals surface area contributed by atoms with E-state index in [1.807, 2.05) is 41.5 Å². The summed E-state index contributed by atoms with van der Waals surface area (Å²) in [6.45, 7) is 16.9. The third kappa shape index (κ3) is 4.52. The predicted octanol–water partition coefficient (Wildman–Crippen LogP) is 9.40. The van der Waals surface area contributed by atoms with Gasteiger partial charge in [-0.1, -0.05) is 55.4 Å². The Morgan fingerprint density at radius 3 is 1.45 bits per heavy atom. The summed E-state index contributed by atoms with van der Waals surface area (Å²) >= 11 is 0. The Morgan fingerprint density at radius 1 is 0.613 bits per heavy atom. The lowest BCUT2D eigenvalue weighted by Gasteiger charge is -2.45. The van der Waals surface area contributed by atoms with E-state index in [0.717, 1.165) is 12.8 Å². The first kappa shape index (κ1) is 28.6. The van der Waals surface area contributed by atoms with Gasteiger partial charge in [-0.3, -0.25) is 0 Å². The molecule has 31 heavy (non-hydrogen) atoms. The monoisotopic (exact) mass is 458 g/mol. The van der Waals surface area contributed by atoms with Gasteiger partial charge in [-0.05, 0) is 85.9 Å². The molecule has 4 rings (SSSR count). The molecule has 9 atom stereocenters. The number of hydrogen-bond donors (Lipinski definition) is 0. The van der Waals surface area contributed by atoms with E-state index in [-0.39, 0.29) is 5.92 Å². The zero-order chi connectivity index (χ0) is 24.5. The van der Waals surface area contributed by atoms with Crippen molar-refractivity contribution in [2.75, 3.05) is 0 Å². The summed E-state index contributed by atoms with van der Waals surface area (Å²) in [5.41, 5.74) is -3.58. The fraction of sp³-hybridized carbons (Fsp3) is 1.00. The van der Waals surface area contributed by atoms with E-state index in [0.29, 0.717) is 54.8 Å². The lowest BCUT2D eigenvalue weighted by Crippen LogP contribution is -2.50. The second-order valence-electron chi connectivity index (χ2n) is 9.62. The molecule has 4 fully saturated rings. The molecule has 0 aromatic rings. The fourth-order valence-corrected chi connectivity index (χ4v) is 7.52. The summed E-state index contributed by atoms with van der Waals surface area (Å²) in [7, 11) is 0. The lowest BCUT2D eigenvalue weighted by atomic mass is 9.60. The molecule has 0 heterocycles. The van der Waals surface area contributed by atoms with E-state index >= 15 is 0 Å². The standard InChI is InChI=1S/C19H26F6.3C2H6/c1-8-9(2)13-6-12(8)15-10-4-11(14(5-10)16(13)15)7-17(3,18(20,21)22)19(23,24)25;3*1-2/h8-16H,4-7H2,1-3H3;3*1-2H3. The second kappa shape index (κ2) is 10.2. The van der Waals surface area contributed by atoms with Gasteiger partial charge in [-0.15, -0.1) is 0 Å². The van der Waals surface area contributed by atoms with Crippen molar-refractivity contribution < 1.29 is 26.3 Å². The molecule has 4 aliphatic carbocycles. The summed E-state index contributed by atoms with van der Waals surface area (Å²) in [6, 6.07) is 0. The van der Waals surface area contributed by atoms with E-state index in [4.69, 9.17) is 0 Å². The van der Waals surface area contributed by atoms with Crippen LogP contribution in [0, 0.1) is 58.7 Å². The first-order chi connectivity index (χ1) is 14.4. The molecule has 4 bridgehead atoms. The molecule has 186 valence electrons. The summed E-state index contributed by atoms with van der Waals surface area (Å²) in [4.78, 5) is 0. The molecule has 6 heteroatoms. The van der Waals surface area contributed by atoms with Crippen LogP contribution < -0.4 is 0 Å². The van der Waals surface area contributed by atoms with Gasteiger partial charge in [-0.25, -0.2) is 0 Å². The van der Waals surface area contributed by atoms with Gasteiger partial charge in [-0.2, -0.15) is 26.3 Å². The zero-order valence-corrected chi connectivity index (χ0v) is 20.8. The Morgan fingerprint density at radius 2 is 1.03 bits per heavy atom. The minimum absolute atomic E-state index is 0.0731. The Bertz CT molecular complexity index is 537. The number of halogens is 6. The van der Waals surface area contributed by atoms with Gasteiger partial charge in [0, 0.05) is 0 Å². The van der Waals surface area contributed by atoms with Crippen LogP contribution in [0.4, 0.5) is 26.3 Å². The van der Waals surface area contributed by atoms with Crippen molar-refractivity contribution in [3.05, 3.63) is 0 Å². The second-order valence-corrected chi connectivity index (χ2v) is 9.62. The Kier molecular flexibility index (Phi) is 9.45. The van der Waals surface area contributed by atoms with Crippen molar-refractivity contribution in [3.8, 4) is 0 Å². The van der Waals surface area contributed by atoms with Gasteiger partial charge >= 0.3 is 12.4 Å². The molecule has 0 radical (unpaired) electrons. The Hall–Kier alpha value is -0.420. The molecule has 0 aromatic heterocycles. The van der Waals surface area contributed by atoms with Gasteiger partial charge in [0.15, 0.2) is 5.41 Å². The van der Waals surface area contributed by atoms with Crippen LogP contribution in [0.5, 0.6) is 0 Å². The third-order valence-electron chi connectivity index (χ3n) is 8.90. The Labute approximate surface area is 185 Å². The predicted molar refractivity (Wildman–Crippen MR) is 115 cm³/mol. The zero-order valence-electron chi connectivity index (χ0n) is 20.8. The molecule has 0 aliphatic heterocycles. The minimum atomic E-state index is -5.25. The maximum absolute atomic E-state index is 13.3. The highest BCUT2D eigenvalue weighted by Crippen LogP contribution is 2.72. The summed E-state index contributed by atoms with van der Waals surface area (Å²) in [6.07, 6.45) is -8.71. The highest BCUT2D eigenvalue weighted by atomic mass is 19.4. The fourth-order valence-electron chi connectivity index (χ4n) is 7.52. The number of rotatable bonds is 2. The molecular formula is C25H44F6. The van der Waals surface area contributed by atoms with Gasteiger partial charge in [0.2, 0.25) is 0 Å². The number of alkyl halides is 6. The molecule has 0 amide bonds. The summed E-state index contributed by atoms with van der Waals surface area (Å²) in [5, 5.41) is 0. The molecule has 4 aliphatic rings. The average molecular weight is 459 g/mol.